The standard InChI is InChI=1S/C8H9N3S/c1-6-3-4-7(12-6)8-10-9-5-11(8)2/h3-5H,1-2H3. The molecule has 0 aliphatic carbocycles. The fourth-order valence-electron chi connectivity index (χ4n) is 1.06. The number of hydrogen-bond acceptors (Lipinski definition) is 3. The summed E-state index contributed by atoms with van der Waals surface area (Å²) in [5, 5.41) is 7.85. The van der Waals surface area contributed by atoms with Gasteiger partial charge in [-0.05, 0) is 19.1 Å². The molecular formula is C8H9N3S. The zero-order valence-electron chi connectivity index (χ0n) is 6.98. The summed E-state index contributed by atoms with van der Waals surface area (Å²) in [5.41, 5.74) is 0. The SMILES string of the molecule is Cc1ccc(-c2nncn2C)s1. The number of hydrogen-bond donors (Lipinski definition) is 0. The van der Waals surface area contributed by atoms with Gasteiger partial charge in [-0.1, -0.05) is 0 Å². The van der Waals surface area contributed by atoms with Crippen molar-refractivity contribution in [1.29, 1.82) is 0 Å². The molecule has 12 heavy (non-hydrogen) atoms. The summed E-state index contributed by atoms with van der Waals surface area (Å²) in [4.78, 5) is 2.47. The number of thiophene rings is 1. The Labute approximate surface area is 74.7 Å². The third kappa shape index (κ3) is 1.14. The predicted octanol–water partition coefficient (Wildman–Crippen LogP) is 1.85. The lowest BCUT2D eigenvalue weighted by Crippen LogP contribution is -1.87. The van der Waals surface area contributed by atoms with Crippen molar-refractivity contribution in [2.24, 2.45) is 7.05 Å². The van der Waals surface area contributed by atoms with E-state index in [1.54, 1.807) is 17.7 Å². The van der Waals surface area contributed by atoms with E-state index in [-0.39, 0.29) is 0 Å². The Morgan fingerprint density at radius 2 is 2.25 bits per heavy atom. The Morgan fingerprint density at radius 1 is 1.42 bits per heavy atom. The molecule has 62 valence electrons. The Bertz CT molecular complexity index is 388. The van der Waals surface area contributed by atoms with Crippen LogP contribution in [-0.4, -0.2) is 14.8 Å². The third-order valence-corrected chi connectivity index (χ3v) is 2.67. The summed E-state index contributed by atoms with van der Waals surface area (Å²) >= 11 is 1.74. The number of rotatable bonds is 1. The maximum atomic E-state index is 4.02. The molecular weight excluding hydrogens is 170 g/mol. The molecule has 4 heteroatoms. The minimum Gasteiger partial charge on any atom is -0.316 e. The molecule has 0 unspecified atom stereocenters. The number of aromatic nitrogens is 3. The molecule has 0 aliphatic rings. The van der Waals surface area contributed by atoms with E-state index < -0.39 is 0 Å². The maximum absolute atomic E-state index is 4.02. The second kappa shape index (κ2) is 2.71. The van der Waals surface area contributed by atoms with E-state index in [2.05, 4.69) is 29.3 Å². The zero-order chi connectivity index (χ0) is 8.55. The molecule has 0 saturated carbocycles. The minimum atomic E-state index is 0.938. The molecule has 0 aliphatic heterocycles. The highest BCUT2D eigenvalue weighted by Crippen LogP contribution is 2.24. The molecule has 2 rings (SSSR count). The van der Waals surface area contributed by atoms with Crippen molar-refractivity contribution >= 4 is 11.3 Å². The van der Waals surface area contributed by atoms with Gasteiger partial charge in [0.25, 0.3) is 0 Å². The van der Waals surface area contributed by atoms with Crippen molar-refractivity contribution in [2.45, 2.75) is 6.92 Å². The van der Waals surface area contributed by atoms with E-state index in [0.717, 1.165) is 5.82 Å². The first-order valence-electron chi connectivity index (χ1n) is 3.68. The van der Waals surface area contributed by atoms with Crippen molar-refractivity contribution in [3.05, 3.63) is 23.3 Å². The van der Waals surface area contributed by atoms with Gasteiger partial charge in [-0.15, -0.1) is 21.5 Å². The molecule has 0 aromatic carbocycles. The fourth-order valence-corrected chi connectivity index (χ4v) is 1.96. The Hall–Kier alpha value is -1.16. The first-order valence-corrected chi connectivity index (χ1v) is 4.50. The average Bonchev–Trinajstić information content (AvgIpc) is 2.58. The van der Waals surface area contributed by atoms with Crippen LogP contribution in [0.2, 0.25) is 0 Å². The number of aryl methyl sites for hydroxylation is 2. The van der Waals surface area contributed by atoms with Crippen molar-refractivity contribution < 1.29 is 0 Å². The minimum absolute atomic E-state index is 0.938. The van der Waals surface area contributed by atoms with Crippen LogP contribution >= 0.6 is 11.3 Å². The molecule has 0 radical (unpaired) electrons. The molecule has 0 saturated heterocycles. The fraction of sp³-hybridized carbons (Fsp3) is 0.250. The normalized spacial score (nSPS) is 10.5. The van der Waals surface area contributed by atoms with Gasteiger partial charge < -0.3 is 4.57 Å². The topological polar surface area (TPSA) is 30.7 Å². The van der Waals surface area contributed by atoms with Gasteiger partial charge in [0.05, 0.1) is 4.88 Å². The molecule has 0 spiro atoms. The molecule has 0 fully saturated rings. The quantitative estimate of drug-likeness (QED) is 0.669. The smallest absolute Gasteiger partial charge is 0.173 e. The van der Waals surface area contributed by atoms with Gasteiger partial charge in [0, 0.05) is 11.9 Å². The van der Waals surface area contributed by atoms with Gasteiger partial charge >= 0.3 is 0 Å². The van der Waals surface area contributed by atoms with Crippen LogP contribution < -0.4 is 0 Å². The summed E-state index contributed by atoms with van der Waals surface area (Å²) < 4.78 is 1.92. The van der Waals surface area contributed by atoms with Crippen LogP contribution in [0.25, 0.3) is 10.7 Å². The van der Waals surface area contributed by atoms with Crippen molar-refractivity contribution in [3.8, 4) is 10.7 Å². The van der Waals surface area contributed by atoms with E-state index in [1.165, 1.54) is 9.75 Å². The van der Waals surface area contributed by atoms with Gasteiger partial charge in [0.2, 0.25) is 0 Å². The van der Waals surface area contributed by atoms with Crippen molar-refractivity contribution in [3.63, 3.8) is 0 Å². The molecule has 0 atom stereocenters. The summed E-state index contributed by atoms with van der Waals surface area (Å²) in [7, 11) is 1.95. The zero-order valence-corrected chi connectivity index (χ0v) is 7.80. The summed E-state index contributed by atoms with van der Waals surface area (Å²) in [5.74, 6) is 0.938. The largest absolute Gasteiger partial charge is 0.316 e. The first-order chi connectivity index (χ1) is 5.77. The van der Waals surface area contributed by atoms with Gasteiger partial charge in [0.15, 0.2) is 5.82 Å². The van der Waals surface area contributed by atoms with Gasteiger partial charge in [0.1, 0.15) is 6.33 Å². The van der Waals surface area contributed by atoms with E-state index in [0.29, 0.717) is 0 Å². The van der Waals surface area contributed by atoms with Crippen LogP contribution in [0.4, 0.5) is 0 Å². The Balaban J connectivity index is 2.50. The van der Waals surface area contributed by atoms with Gasteiger partial charge in [-0.3, -0.25) is 0 Å². The second-order valence-electron chi connectivity index (χ2n) is 2.68. The predicted molar refractivity (Wildman–Crippen MR) is 49.1 cm³/mol. The highest BCUT2D eigenvalue weighted by atomic mass is 32.1. The molecule has 2 heterocycles. The van der Waals surface area contributed by atoms with E-state index in [9.17, 15) is 0 Å². The maximum Gasteiger partial charge on any atom is 0.173 e. The molecule has 2 aromatic heterocycles. The molecule has 3 nitrogen and oxygen atoms in total. The van der Waals surface area contributed by atoms with Crippen molar-refractivity contribution in [2.75, 3.05) is 0 Å². The molecule has 0 N–H and O–H groups in total. The Kier molecular flexibility index (Phi) is 1.69. The summed E-state index contributed by atoms with van der Waals surface area (Å²) in [6.45, 7) is 2.09. The highest BCUT2D eigenvalue weighted by molar-refractivity contribution is 7.15. The van der Waals surface area contributed by atoms with Crippen LogP contribution in [0.3, 0.4) is 0 Å². The van der Waals surface area contributed by atoms with Crippen LogP contribution in [0, 0.1) is 6.92 Å². The lowest BCUT2D eigenvalue weighted by Gasteiger charge is -1.93. The van der Waals surface area contributed by atoms with Crippen LogP contribution in [0.15, 0.2) is 18.5 Å². The van der Waals surface area contributed by atoms with E-state index in [1.807, 2.05) is 11.6 Å². The third-order valence-electron chi connectivity index (χ3n) is 1.67. The summed E-state index contributed by atoms with van der Waals surface area (Å²) in [6.07, 6.45) is 1.71. The van der Waals surface area contributed by atoms with Crippen molar-refractivity contribution in [1.82, 2.24) is 14.8 Å². The molecule has 0 amide bonds. The molecule has 0 bridgehead atoms. The first kappa shape index (κ1) is 7.49. The molecule has 2 aromatic rings. The van der Waals surface area contributed by atoms with Gasteiger partial charge in [-0.2, -0.15) is 0 Å². The van der Waals surface area contributed by atoms with E-state index in [4.69, 9.17) is 0 Å². The Morgan fingerprint density at radius 3 is 2.75 bits per heavy atom. The van der Waals surface area contributed by atoms with E-state index >= 15 is 0 Å². The average molecular weight is 179 g/mol. The van der Waals surface area contributed by atoms with Crippen LogP contribution in [0.1, 0.15) is 4.88 Å². The van der Waals surface area contributed by atoms with Gasteiger partial charge in [-0.25, -0.2) is 0 Å². The summed E-state index contributed by atoms with van der Waals surface area (Å²) in [6, 6.07) is 4.17. The second-order valence-corrected chi connectivity index (χ2v) is 3.96. The van der Waals surface area contributed by atoms with Crippen LogP contribution in [0.5, 0.6) is 0 Å². The lowest BCUT2D eigenvalue weighted by molar-refractivity contribution is 0.922. The monoisotopic (exact) mass is 179 g/mol. The highest BCUT2D eigenvalue weighted by Gasteiger charge is 2.05. The number of nitrogens with zero attached hydrogens (tertiary/aromatic N) is 3. The lowest BCUT2D eigenvalue weighted by atomic mass is 10.4. The van der Waals surface area contributed by atoms with Crippen LogP contribution in [-0.2, 0) is 7.05 Å².